The van der Waals surface area contributed by atoms with Gasteiger partial charge in [-0.05, 0) is 30.3 Å². The normalized spacial score (nSPS) is 11.4. The lowest BCUT2D eigenvalue weighted by atomic mass is 9.99. The molecular weight excluding hydrogens is 569 g/mol. The molecule has 5 rings (SSSR count). The zero-order chi connectivity index (χ0) is 31.4. The number of carbonyl (C=O) groups excluding carboxylic acids is 3. The van der Waals surface area contributed by atoms with E-state index in [4.69, 9.17) is 14.6 Å². The molecule has 0 saturated carbocycles. The zero-order valence-electron chi connectivity index (χ0n) is 22.7. The average Bonchev–Trinajstić information content (AvgIpc) is 3.13. The minimum Gasteiger partial charge on any atom is -0.489 e. The zero-order valence-corrected chi connectivity index (χ0v) is 22.7. The number of rotatable bonds is 4. The molecule has 4 aromatic carbocycles. The molecule has 0 unspecified atom stereocenters. The number of carboxylic acids is 1. The van der Waals surface area contributed by atoms with Crippen molar-refractivity contribution in [3.05, 3.63) is 131 Å². The Hall–Kier alpha value is -5.45. The first kappa shape index (κ1) is 32.1. The molecule has 1 heterocycles. The van der Waals surface area contributed by atoms with Crippen molar-refractivity contribution in [2.75, 3.05) is 0 Å². The summed E-state index contributed by atoms with van der Waals surface area (Å²) < 4.78 is 47.9. The van der Waals surface area contributed by atoms with Crippen LogP contribution in [0.1, 0.15) is 44.3 Å². The van der Waals surface area contributed by atoms with Gasteiger partial charge < -0.3 is 19.3 Å². The van der Waals surface area contributed by atoms with Crippen molar-refractivity contribution in [2.24, 2.45) is 0 Å². The highest BCUT2D eigenvalue weighted by Crippen LogP contribution is 2.27. The molecule has 4 aromatic rings. The fourth-order valence-corrected chi connectivity index (χ4v) is 3.67. The number of hydrogen-bond acceptors (Lipinski definition) is 7. The van der Waals surface area contributed by atoms with Crippen LogP contribution in [0.3, 0.4) is 0 Å². The van der Waals surface area contributed by atoms with Crippen molar-refractivity contribution in [3.63, 3.8) is 0 Å². The third kappa shape index (κ3) is 9.56. The van der Waals surface area contributed by atoms with E-state index in [2.05, 4.69) is 4.74 Å². The van der Waals surface area contributed by atoms with Crippen LogP contribution in [0.5, 0.6) is 11.5 Å². The molecule has 0 saturated heterocycles. The molecule has 0 atom stereocenters. The number of alkyl halides is 3. The maximum atomic E-state index is 12.2. The summed E-state index contributed by atoms with van der Waals surface area (Å²) >= 11 is 0. The van der Waals surface area contributed by atoms with Crippen molar-refractivity contribution in [1.29, 1.82) is 0 Å². The van der Waals surface area contributed by atoms with Crippen LogP contribution in [0.4, 0.5) is 13.2 Å². The Labute approximate surface area is 244 Å². The number of ketones is 1. The second-order valence-electron chi connectivity index (χ2n) is 8.71. The molecule has 1 aliphatic heterocycles. The van der Waals surface area contributed by atoms with Gasteiger partial charge in [0.25, 0.3) is 0 Å². The van der Waals surface area contributed by atoms with Gasteiger partial charge in [-0.15, -0.1) is 0 Å². The van der Waals surface area contributed by atoms with Crippen molar-refractivity contribution in [3.8, 4) is 11.5 Å². The molecule has 0 bridgehead atoms. The van der Waals surface area contributed by atoms with Crippen molar-refractivity contribution in [1.82, 2.24) is 0 Å². The largest absolute Gasteiger partial charge is 0.491 e. The lowest BCUT2D eigenvalue weighted by molar-refractivity contribution is -0.201. The van der Waals surface area contributed by atoms with E-state index in [1.807, 2.05) is 72.8 Å². The Morgan fingerprint density at radius 3 is 2.02 bits per heavy atom. The maximum absolute atomic E-state index is 12.2. The fraction of sp³-hybridized carbons (Fsp3) is 0.125. The first-order valence-electron chi connectivity index (χ1n) is 12.6. The van der Waals surface area contributed by atoms with Crippen LogP contribution in [-0.2, 0) is 27.5 Å². The number of para-hydroxylation sites is 2. The molecule has 0 spiro atoms. The number of hydrogen-bond donors (Lipinski definition) is 1. The van der Waals surface area contributed by atoms with Gasteiger partial charge in [-0.3, -0.25) is 9.59 Å². The number of fused-ring (bicyclic) bond motifs is 2. The maximum Gasteiger partial charge on any atom is 0.491 e. The van der Waals surface area contributed by atoms with E-state index in [-0.39, 0.29) is 18.0 Å². The van der Waals surface area contributed by atoms with Crippen molar-refractivity contribution >= 4 is 23.7 Å². The number of ether oxygens (including phenoxy) is 3. The van der Waals surface area contributed by atoms with Crippen LogP contribution in [-0.4, -0.2) is 35.0 Å². The van der Waals surface area contributed by atoms with Crippen LogP contribution in [0.25, 0.3) is 0 Å². The summed E-state index contributed by atoms with van der Waals surface area (Å²) in [4.78, 5) is 42.7. The summed E-state index contributed by atoms with van der Waals surface area (Å²) in [5.41, 5.74) is 3.29. The first-order chi connectivity index (χ1) is 20.5. The highest BCUT2D eigenvalue weighted by atomic mass is 19.4. The number of esters is 2. The predicted molar refractivity (Wildman–Crippen MR) is 148 cm³/mol. The Morgan fingerprint density at radius 1 is 0.814 bits per heavy atom. The van der Waals surface area contributed by atoms with Gasteiger partial charge in [0.1, 0.15) is 24.7 Å². The minimum absolute atomic E-state index is 0.0451. The molecule has 43 heavy (non-hydrogen) atoms. The van der Waals surface area contributed by atoms with Gasteiger partial charge in [0, 0.05) is 23.6 Å². The van der Waals surface area contributed by atoms with Crippen LogP contribution in [0, 0.1) is 0 Å². The number of carbonyl (C=O) groups is 4. The molecule has 0 radical (unpaired) electrons. The molecular formula is C32H25F3O8. The molecule has 0 aromatic heterocycles. The topological polar surface area (TPSA) is 116 Å². The van der Waals surface area contributed by atoms with Gasteiger partial charge in [-0.2, -0.15) is 13.2 Å². The summed E-state index contributed by atoms with van der Waals surface area (Å²) in [5.74, 6) is -3.25. The monoisotopic (exact) mass is 594 g/mol. The second kappa shape index (κ2) is 15.0. The van der Waals surface area contributed by atoms with Gasteiger partial charge in [0.05, 0.1) is 11.1 Å². The number of benzene rings is 4. The second-order valence-corrected chi connectivity index (χ2v) is 8.71. The molecule has 1 aliphatic rings. The number of halogens is 3. The molecule has 1 N–H and O–H groups in total. The lowest BCUT2D eigenvalue weighted by Gasteiger charge is -2.08. The Bertz CT molecular complexity index is 1530. The van der Waals surface area contributed by atoms with Crippen LogP contribution in [0.2, 0.25) is 0 Å². The fourth-order valence-electron chi connectivity index (χ4n) is 3.67. The van der Waals surface area contributed by atoms with Gasteiger partial charge in [0.2, 0.25) is 0 Å². The van der Waals surface area contributed by atoms with E-state index in [0.29, 0.717) is 30.4 Å². The summed E-state index contributed by atoms with van der Waals surface area (Å²) in [6.07, 6.45) is -5.09. The minimum atomic E-state index is -5.09. The molecule has 0 aliphatic carbocycles. The van der Waals surface area contributed by atoms with Gasteiger partial charge >= 0.3 is 24.1 Å². The van der Waals surface area contributed by atoms with Crippen LogP contribution in [0.15, 0.2) is 103 Å². The highest BCUT2D eigenvalue weighted by molar-refractivity contribution is 6.11. The summed E-state index contributed by atoms with van der Waals surface area (Å²) in [6, 6.07) is 31.1. The lowest BCUT2D eigenvalue weighted by Crippen LogP contribution is -2.26. The third-order valence-corrected chi connectivity index (χ3v) is 5.63. The Kier molecular flexibility index (Phi) is 11.2. The molecule has 8 nitrogen and oxygen atoms in total. The molecule has 11 heteroatoms. The van der Waals surface area contributed by atoms with E-state index in [9.17, 15) is 32.3 Å². The van der Waals surface area contributed by atoms with E-state index >= 15 is 0 Å². The third-order valence-electron chi connectivity index (χ3n) is 5.63. The summed E-state index contributed by atoms with van der Waals surface area (Å²) in [6.45, 7) is 1.43. The SMILES string of the molecule is CC(=O)OC(=O)C(F)(F)F.O=C(O)c1ccccc1COc1ccccc1.O=C1c2ccccc2COc2ccccc21. The Morgan fingerprint density at radius 2 is 1.40 bits per heavy atom. The van der Waals surface area contributed by atoms with Crippen molar-refractivity contribution in [2.45, 2.75) is 26.3 Å². The van der Waals surface area contributed by atoms with Gasteiger partial charge in [-0.1, -0.05) is 72.8 Å². The first-order valence-corrected chi connectivity index (χ1v) is 12.6. The molecule has 0 amide bonds. The van der Waals surface area contributed by atoms with Crippen molar-refractivity contribution < 1.29 is 51.7 Å². The van der Waals surface area contributed by atoms with E-state index in [0.717, 1.165) is 16.9 Å². The smallest absolute Gasteiger partial charge is 0.489 e. The van der Waals surface area contributed by atoms with E-state index in [1.165, 1.54) is 0 Å². The predicted octanol–water partition coefficient (Wildman–Crippen LogP) is 6.41. The summed E-state index contributed by atoms with van der Waals surface area (Å²) in [7, 11) is 0. The van der Waals surface area contributed by atoms with E-state index in [1.54, 1.807) is 30.3 Å². The van der Waals surface area contributed by atoms with Gasteiger partial charge in [0.15, 0.2) is 5.78 Å². The van der Waals surface area contributed by atoms with Crippen LogP contribution < -0.4 is 9.47 Å². The average molecular weight is 595 g/mol. The molecule has 0 fully saturated rings. The number of aromatic carboxylic acids is 1. The highest BCUT2D eigenvalue weighted by Gasteiger charge is 2.41. The standard InChI is InChI=1S/C14H12O3.C14H10O2.C4H3F3O3/c15-14(16)13-9-5-4-6-11(13)10-17-12-7-2-1-3-8-12;15-14-11-6-2-1-5-10(11)9-16-13-8-4-3-7-12(13)14;1-2(8)10-3(9)4(5,6)7/h1-9H,10H2,(H,15,16);1-8H,9H2;1H3. The Balaban J connectivity index is 0.000000184. The number of carboxylic acid groups (broad SMARTS) is 1. The summed E-state index contributed by atoms with van der Waals surface area (Å²) in [5, 5.41) is 9.01. The quantitative estimate of drug-likeness (QED) is 0.213. The van der Waals surface area contributed by atoms with E-state index < -0.39 is 24.1 Å². The van der Waals surface area contributed by atoms with Gasteiger partial charge in [-0.25, -0.2) is 9.59 Å². The van der Waals surface area contributed by atoms with Crippen LogP contribution >= 0.6 is 0 Å². The molecule has 222 valence electrons.